The minimum Gasteiger partial charge on any atom is -0.394 e. The summed E-state index contributed by atoms with van der Waals surface area (Å²) in [7, 11) is 0. The summed E-state index contributed by atoms with van der Waals surface area (Å²) in [6.07, 6.45) is 2.94. The van der Waals surface area contributed by atoms with Crippen molar-refractivity contribution in [3.8, 4) is 0 Å². The molecule has 0 amide bonds. The number of anilines is 2. The van der Waals surface area contributed by atoms with Crippen LogP contribution in [0.2, 0.25) is 0 Å². The van der Waals surface area contributed by atoms with E-state index >= 15 is 0 Å². The molecule has 4 N–H and O–H groups in total. The molecule has 5 nitrogen and oxygen atoms in total. The average molecular weight is 244 g/mol. The van der Waals surface area contributed by atoms with Crippen LogP contribution in [0.4, 0.5) is 11.5 Å². The molecule has 1 unspecified atom stereocenters. The van der Waals surface area contributed by atoms with Crippen LogP contribution in [-0.4, -0.2) is 21.7 Å². The lowest BCUT2D eigenvalue weighted by atomic mass is 9.93. The molecule has 0 saturated heterocycles. The van der Waals surface area contributed by atoms with Gasteiger partial charge in [0.1, 0.15) is 6.33 Å². The van der Waals surface area contributed by atoms with E-state index in [1.807, 2.05) is 37.3 Å². The van der Waals surface area contributed by atoms with E-state index in [0.717, 1.165) is 5.56 Å². The number of aromatic nitrogens is 2. The van der Waals surface area contributed by atoms with E-state index in [2.05, 4.69) is 15.3 Å². The first-order valence-corrected chi connectivity index (χ1v) is 5.66. The molecule has 0 aliphatic rings. The van der Waals surface area contributed by atoms with Crippen molar-refractivity contribution in [1.29, 1.82) is 0 Å². The highest BCUT2D eigenvalue weighted by molar-refractivity contribution is 5.60. The lowest BCUT2D eigenvalue weighted by molar-refractivity contribution is 0.224. The fourth-order valence-corrected chi connectivity index (χ4v) is 1.72. The second kappa shape index (κ2) is 5.01. The summed E-state index contributed by atoms with van der Waals surface area (Å²) < 4.78 is 0. The Morgan fingerprint density at radius 1 is 1.33 bits per heavy atom. The number of nitrogens with one attached hydrogen (secondary N) is 1. The topological polar surface area (TPSA) is 84.1 Å². The van der Waals surface area contributed by atoms with E-state index in [1.54, 1.807) is 0 Å². The lowest BCUT2D eigenvalue weighted by Crippen LogP contribution is -2.36. The largest absolute Gasteiger partial charge is 0.394 e. The first kappa shape index (κ1) is 12.3. The molecule has 1 heterocycles. The molecule has 2 aromatic rings. The third kappa shape index (κ3) is 2.41. The Bertz CT molecular complexity index is 517. The summed E-state index contributed by atoms with van der Waals surface area (Å²) in [5.74, 6) is 0.519. The zero-order valence-electron chi connectivity index (χ0n) is 10.2. The molecule has 1 aromatic carbocycles. The van der Waals surface area contributed by atoms with Gasteiger partial charge in [0.15, 0.2) is 5.82 Å². The summed E-state index contributed by atoms with van der Waals surface area (Å²) >= 11 is 0. The van der Waals surface area contributed by atoms with Gasteiger partial charge in [0.2, 0.25) is 0 Å². The highest BCUT2D eigenvalue weighted by Gasteiger charge is 2.26. The van der Waals surface area contributed by atoms with Gasteiger partial charge in [-0.25, -0.2) is 9.97 Å². The van der Waals surface area contributed by atoms with E-state index in [4.69, 9.17) is 5.73 Å². The third-order valence-corrected chi connectivity index (χ3v) is 2.86. The maximum Gasteiger partial charge on any atom is 0.153 e. The molecule has 2 rings (SSSR count). The minimum atomic E-state index is -0.635. The van der Waals surface area contributed by atoms with Crippen LogP contribution in [0.25, 0.3) is 0 Å². The number of benzene rings is 1. The van der Waals surface area contributed by atoms with Crippen molar-refractivity contribution in [2.24, 2.45) is 0 Å². The van der Waals surface area contributed by atoms with Gasteiger partial charge in [-0.05, 0) is 12.5 Å². The summed E-state index contributed by atoms with van der Waals surface area (Å²) in [6.45, 7) is 1.82. The molecule has 0 spiro atoms. The maximum atomic E-state index is 9.64. The standard InChI is InChI=1S/C13H16N4O/c1-13(8-18,10-5-3-2-4-6-10)17-12-11(14)7-15-9-16-12/h2-7,9,18H,8,14H2,1H3,(H,15,16,17). The molecule has 0 bridgehead atoms. The smallest absolute Gasteiger partial charge is 0.153 e. The van der Waals surface area contributed by atoms with Crippen LogP contribution in [0.3, 0.4) is 0 Å². The summed E-state index contributed by atoms with van der Waals surface area (Å²) in [5.41, 5.74) is 6.57. The van der Waals surface area contributed by atoms with E-state index in [-0.39, 0.29) is 6.61 Å². The van der Waals surface area contributed by atoms with Crippen molar-refractivity contribution < 1.29 is 5.11 Å². The zero-order chi connectivity index (χ0) is 13.0. The second-order valence-electron chi connectivity index (χ2n) is 4.31. The lowest BCUT2D eigenvalue weighted by Gasteiger charge is -2.30. The van der Waals surface area contributed by atoms with Crippen molar-refractivity contribution in [2.75, 3.05) is 17.7 Å². The Hall–Kier alpha value is -2.14. The number of nitrogen functional groups attached to an aromatic ring is 1. The normalized spacial score (nSPS) is 13.9. The number of hydrogen-bond acceptors (Lipinski definition) is 5. The van der Waals surface area contributed by atoms with Gasteiger partial charge >= 0.3 is 0 Å². The predicted molar refractivity (Wildman–Crippen MR) is 70.9 cm³/mol. The molecule has 1 atom stereocenters. The van der Waals surface area contributed by atoms with Crippen molar-refractivity contribution >= 4 is 11.5 Å². The van der Waals surface area contributed by atoms with Crippen molar-refractivity contribution in [2.45, 2.75) is 12.5 Å². The zero-order valence-corrected chi connectivity index (χ0v) is 10.2. The van der Waals surface area contributed by atoms with Gasteiger partial charge in [-0.1, -0.05) is 30.3 Å². The van der Waals surface area contributed by atoms with Gasteiger partial charge in [-0.3, -0.25) is 0 Å². The highest BCUT2D eigenvalue weighted by atomic mass is 16.3. The van der Waals surface area contributed by atoms with E-state index in [1.165, 1.54) is 12.5 Å². The van der Waals surface area contributed by atoms with Gasteiger partial charge in [0, 0.05) is 0 Å². The first-order chi connectivity index (χ1) is 8.65. The van der Waals surface area contributed by atoms with E-state index < -0.39 is 5.54 Å². The van der Waals surface area contributed by atoms with Gasteiger partial charge in [-0.15, -0.1) is 0 Å². The summed E-state index contributed by atoms with van der Waals surface area (Å²) in [6, 6.07) is 9.67. The van der Waals surface area contributed by atoms with Crippen LogP contribution in [0.15, 0.2) is 42.9 Å². The highest BCUT2D eigenvalue weighted by Crippen LogP contribution is 2.26. The third-order valence-electron chi connectivity index (χ3n) is 2.86. The van der Waals surface area contributed by atoms with Gasteiger partial charge in [0.05, 0.1) is 24.0 Å². The van der Waals surface area contributed by atoms with Crippen molar-refractivity contribution in [1.82, 2.24) is 9.97 Å². The fourth-order valence-electron chi connectivity index (χ4n) is 1.72. The van der Waals surface area contributed by atoms with E-state index in [0.29, 0.717) is 11.5 Å². The molecule has 5 heteroatoms. The molecule has 0 aliphatic carbocycles. The molecule has 0 saturated carbocycles. The first-order valence-electron chi connectivity index (χ1n) is 5.66. The SMILES string of the molecule is CC(CO)(Nc1ncncc1N)c1ccccc1. The van der Waals surface area contributed by atoms with Crippen LogP contribution >= 0.6 is 0 Å². The Morgan fingerprint density at radius 3 is 2.67 bits per heavy atom. The molecule has 94 valence electrons. The maximum absolute atomic E-state index is 9.64. The predicted octanol–water partition coefficient (Wildman–Crippen LogP) is 1.38. The molecule has 0 aliphatic heterocycles. The van der Waals surface area contributed by atoms with Crippen LogP contribution in [0, 0.1) is 0 Å². The molecular formula is C13H16N4O. The number of rotatable bonds is 4. The Kier molecular flexibility index (Phi) is 3.43. The van der Waals surface area contributed by atoms with Crippen LogP contribution in [-0.2, 0) is 5.54 Å². The summed E-state index contributed by atoms with van der Waals surface area (Å²) in [4.78, 5) is 7.91. The van der Waals surface area contributed by atoms with Crippen molar-refractivity contribution in [3.05, 3.63) is 48.4 Å². The Balaban J connectivity index is 2.32. The Labute approximate surface area is 106 Å². The molecule has 0 radical (unpaired) electrons. The number of aliphatic hydroxyl groups excluding tert-OH is 1. The number of nitrogens with zero attached hydrogens (tertiary/aromatic N) is 2. The number of aliphatic hydroxyl groups is 1. The molecule has 1 aromatic heterocycles. The molecule has 18 heavy (non-hydrogen) atoms. The van der Waals surface area contributed by atoms with Crippen molar-refractivity contribution in [3.63, 3.8) is 0 Å². The van der Waals surface area contributed by atoms with E-state index in [9.17, 15) is 5.11 Å². The van der Waals surface area contributed by atoms with Crippen LogP contribution in [0.1, 0.15) is 12.5 Å². The van der Waals surface area contributed by atoms with Crippen LogP contribution < -0.4 is 11.1 Å². The average Bonchev–Trinajstić information content (AvgIpc) is 2.42. The van der Waals surface area contributed by atoms with Gasteiger partial charge in [-0.2, -0.15) is 0 Å². The number of nitrogens with two attached hydrogens (primary N) is 1. The molecular weight excluding hydrogens is 228 g/mol. The summed E-state index contributed by atoms with van der Waals surface area (Å²) in [5, 5.41) is 12.8. The van der Waals surface area contributed by atoms with Gasteiger partial charge < -0.3 is 16.2 Å². The molecule has 0 fully saturated rings. The fraction of sp³-hybridized carbons (Fsp3) is 0.231. The quantitative estimate of drug-likeness (QED) is 0.756. The second-order valence-corrected chi connectivity index (χ2v) is 4.31. The van der Waals surface area contributed by atoms with Gasteiger partial charge in [0.25, 0.3) is 0 Å². The van der Waals surface area contributed by atoms with Crippen LogP contribution in [0.5, 0.6) is 0 Å². The number of hydrogen-bond donors (Lipinski definition) is 3. The Morgan fingerprint density at radius 2 is 2.06 bits per heavy atom. The minimum absolute atomic E-state index is 0.0690. The monoisotopic (exact) mass is 244 g/mol.